The molecule has 2 nitrogen and oxygen atoms in total. The van der Waals surface area contributed by atoms with E-state index >= 15 is 0 Å². The summed E-state index contributed by atoms with van der Waals surface area (Å²) >= 11 is 19.6. The van der Waals surface area contributed by atoms with Crippen LogP contribution < -0.4 is 11.1 Å². The van der Waals surface area contributed by atoms with Gasteiger partial charge < -0.3 is 11.1 Å². The third-order valence-electron chi connectivity index (χ3n) is 1.25. The summed E-state index contributed by atoms with van der Waals surface area (Å²) in [6.07, 6.45) is 0. The molecule has 1 aromatic carbocycles. The van der Waals surface area contributed by atoms with Crippen LogP contribution in [0.1, 0.15) is 0 Å². The summed E-state index contributed by atoms with van der Waals surface area (Å²) in [4.78, 5) is 0. The fraction of sp³-hybridized carbons (Fsp3) is 0. The highest BCUT2D eigenvalue weighted by atomic mass is 79.9. The molecule has 0 saturated carbocycles. The van der Waals surface area contributed by atoms with Crippen LogP contribution in [-0.4, -0.2) is 5.11 Å². The largest absolute Gasteiger partial charge is 0.376 e. The second kappa shape index (κ2) is 4.46. The highest BCUT2D eigenvalue weighted by Crippen LogP contribution is 2.33. The Hall–Kier alpha value is -0.0300. The van der Waals surface area contributed by atoms with Crippen molar-refractivity contribution >= 4 is 62.1 Å². The molecule has 0 aromatic heterocycles. The normalized spacial score (nSPS) is 9.77. The Morgan fingerprint density at radius 3 is 2.62 bits per heavy atom. The van der Waals surface area contributed by atoms with E-state index in [-0.39, 0.29) is 5.11 Å². The van der Waals surface area contributed by atoms with Crippen molar-refractivity contribution in [2.45, 2.75) is 0 Å². The van der Waals surface area contributed by atoms with Crippen LogP contribution in [0.15, 0.2) is 16.6 Å². The van der Waals surface area contributed by atoms with E-state index in [1.807, 2.05) is 0 Å². The zero-order chi connectivity index (χ0) is 10.0. The van der Waals surface area contributed by atoms with Crippen LogP contribution in [0.4, 0.5) is 5.69 Å². The molecule has 0 heterocycles. The average Bonchev–Trinajstić information content (AvgIpc) is 1.98. The van der Waals surface area contributed by atoms with Gasteiger partial charge in [0.2, 0.25) is 0 Å². The number of hydrogen-bond acceptors (Lipinski definition) is 1. The maximum absolute atomic E-state index is 5.93. The molecule has 0 saturated heterocycles. The van der Waals surface area contributed by atoms with Gasteiger partial charge in [0.25, 0.3) is 0 Å². The third-order valence-corrected chi connectivity index (χ3v) is 2.83. The maximum Gasteiger partial charge on any atom is 0.168 e. The minimum Gasteiger partial charge on any atom is -0.376 e. The molecule has 1 aromatic rings. The van der Waals surface area contributed by atoms with E-state index in [1.165, 1.54) is 0 Å². The number of thiocarbonyl (C=S) groups is 1. The van der Waals surface area contributed by atoms with Gasteiger partial charge in [-0.25, -0.2) is 0 Å². The first-order valence-corrected chi connectivity index (χ1v) is 5.17. The number of rotatable bonds is 1. The van der Waals surface area contributed by atoms with Crippen molar-refractivity contribution in [2.24, 2.45) is 5.73 Å². The fourth-order valence-corrected chi connectivity index (χ4v) is 1.86. The topological polar surface area (TPSA) is 38.0 Å². The Morgan fingerprint density at radius 1 is 1.46 bits per heavy atom. The first kappa shape index (κ1) is 11.0. The molecule has 3 N–H and O–H groups in total. The molecule has 1 rings (SSSR count). The minimum absolute atomic E-state index is 0.149. The van der Waals surface area contributed by atoms with Crippen molar-refractivity contribution in [3.8, 4) is 0 Å². The predicted molar refractivity (Wildman–Crippen MR) is 64.6 cm³/mol. The van der Waals surface area contributed by atoms with Gasteiger partial charge in [-0.1, -0.05) is 23.2 Å². The summed E-state index contributed by atoms with van der Waals surface area (Å²) in [6, 6.07) is 3.34. The van der Waals surface area contributed by atoms with Gasteiger partial charge in [-0.15, -0.1) is 0 Å². The highest BCUT2D eigenvalue weighted by molar-refractivity contribution is 9.10. The van der Waals surface area contributed by atoms with Gasteiger partial charge in [0, 0.05) is 9.50 Å². The average molecular weight is 300 g/mol. The number of nitrogens with one attached hydrogen (secondary N) is 1. The Morgan fingerprint density at radius 2 is 2.08 bits per heavy atom. The van der Waals surface area contributed by atoms with Crippen LogP contribution in [0.25, 0.3) is 0 Å². The summed E-state index contributed by atoms with van der Waals surface area (Å²) in [7, 11) is 0. The standard InChI is InChI=1S/C7H5BrCl2N2S/c8-4-1-3(9)2-5(6(4)10)12-7(11)13/h1-2H,(H3,11,12,13). The van der Waals surface area contributed by atoms with Gasteiger partial charge in [-0.05, 0) is 40.3 Å². The van der Waals surface area contributed by atoms with Crippen LogP contribution in [0.2, 0.25) is 10.0 Å². The zero-order valence-electron chi connectivity index (χ0n) is 6.27. The summed E-state index contributed by atoms with van der Waals surface area (Å²) in [5.41, 5.74) is 5.89. The van der Waals surface area contributed by atoms with Crippen molar-refractivity contribution in [3.63, 3.8) is 0 Å². The van der Waals surface area contributed by atoms with Crippen molar-refractivity contribution in [3.05, 3.63) is 26.7 Å². The lowest BCUT2D eigenvalue weighted by Crippen LogP contribution is -2.19. The molecule has 0 amide bonds. The van der Waals surface area contributed by atoms with E-state index in [1.54, 1.807) is 12.1 Å². The zero-order valence-corrected chi connectivity index (χ0v) is 10.2. The van der Waals surface area contributed by atoms with Crippen LogP contribution in [0, 0.1) is 0 Å². The van der Waals surface area contributed by atoms with Gasteiger partial charge in [0.05, 0.1) is 10.7 Å². The number of halogens is 3. The molecule has 0 unspecified atom stereocenters. The van der Waals surface area contributed by atoms with Crippen LogP contribution in [-0.2, 0) is 0 Å². The summed E-state index contributed by atoms with van der Waals surface area (Å²) in [6.45, 7) is 0. The monoisotopic (exact) mass is 298 g/mol. The Balaban J connectivity index is 3.12. The Bertz CT molecular complexity index is 357. The molecule has 0 aliphatic heterocycles. The van der Waals surface area contributed by atoms with Gasteiger partial charge in [-0.2, -0.15) is 0 Å². The van der Waals surface area contributed by atoms with Crippen LogP contribution in [0.5, 0.6) is 0 Å². The SMILES string of the molecule is NC(=S)Nc1cc(Cl)cc(Br)c1Cl. The highest BCUT2D eigenvalue weighted by Gasteiger charge is 2.06. The molecule has 0 radical (unpaired) electrons. The van der Waals surface area contributed by atoms with E-state index in [4.69, 9.17) is 28.9 Å². The number of nitrogens with two attached hydrogens (primary N) is 1. The number of anilines is 1. The summed E-state index contributed by atoms with van der Waals surface area (Å²) in [5, 5.41) is 3.92. The molecular formula is C7H5BrCl2N2S. The lowest BCUT2D eigenvalue weighted by molar-refractivity contribution is 1.58. The Labute approximate surface area is 99.5 Å². The van der Waals surface area contributed by atoms with E-state index in [9.17, 15) is 0 Å². The lowest BCUT2D eigenvalue weighted by Gasteiger charge is -2.07. The molecule has 0 aliphatic rings. The fourth-order valence-electron chi connectivity index (χ4n) is 0.780. The number of benzene rings is 1. The third kappa shape index (κ3) is 2.98. The molecule has 0 spiro atoms. The first-order valence-electron chi connectivity index (χ1n) is 3.21. The van der Waals surface area contributed by atoms with Crippen LogP contribution >= 0.6 is 51.3 Å². The molecule has 0 fully saturated rings. The van der Waals surface area contributed by atoms with Crippen molar-refractivity contribution in [2.75, 3.05) is 5.32 Å². The van der Waals surface area contributed by atoms with Crippen molar-refractivity contribution in [1.29, 1.82) is 0 Å². The van der Waals surface area contributed by atoms with E-state index in [2.05, 4.69) is 33.5 Å². The minimum atomic E-state index is 0.149. The van der Waals surface area contributed by atoms with Crippen molar-refractivity contribution in [1.82, 2.24) is 0 Å². The van der Waals surface area contributed by atoms with Gasteiger partial charge in [-0.3, -0.25) is 0 Å². The smallest absolute Gasteiger partial charge is 0.168 e. The van der Waals surface area contributed by atoms with Crippen LogP contribution in [0.3, 0.4) is 0 Å². The number of hydrogen-bond donors (Lipinski definition) is 2. The maximum atomic E-state index is 5.93. The predicted octanol–water partition coefficient (Wildman–Crippen LogP) is 3.41. The van der Waals surface area contributed by atoms with Gasteiger partial charge in [0.1, 0.15) is 0 Å². The molecule has 0 atom stereocenters. The van der Waals surface area contributed by atoms with E-state index in [0.29, 0.717) is 20.2 Å². The van der Waals surface area contributed by atoms with E-state index < -0.39 is 0 Å². The van der Waals surface area contributed by atoms with Crippen molar-refractivity contribution < 1.29 is 0 Å². The summed E-state index contributed by atoms with van der Waals surface area (Å²) < 4.78 is 0.695. The molecule has 0 bridgehead atoms. The Kier molecular flexibility index (Phi) is 3.79. The molecule has 6 heteroatoms. The van der Waals surface area contributed by atoms with E-state index in [0.717, 1.165) is 0 Å². The molecule has 13 heavy (non-hydrogen) atoms. The lowest BCUT2D eigenvalue weighted by atomic mass is 10.3. The quantitative estimate of drug-likeness (QED) is 0.616. The second-order valence-electron chi connectivity index (χ2n) is 2.24. The van der Waals surface area contributed by atoms with Gasteiger partial charge >= 0.3 is 0 Å². The molecular weight excluding hydrogens is 295 g/mol. The second-order valence-corrected chi connectivity index (χ2v) is 4.35. The van der Waals surface area contributed by atoms with Gasteiger partial charge in [0.15, 0.2) is 5.11 Å². The molecule has 70 valence electrons. The summed E-state index contributed by atoms with van der Waals surface area (Å²) in [5.74, 6) is 0. The first-order chi connectivity index (χ1) is 6.00. The molecule has 0 aliphatic carbocycles.